The van der Waals surface area contributed by atoms with E-state index in [9.17, 15) is 19.7 Å². The lowest BCUT2D eigenvalue weighted by atomic mass is 10.2. The predicted molar refractivity (Wildman–Crippen MR) is 101 cm³/mol. The van der Waals surface area contributed by atoms with Crippen LogP contribution < -0.4 is 20.3 Å². The molecule has 0 spiro atoms. The molecule has 146 valence electrons. The SMILES string of the molecule is C=CCOc1ccc(C(=O)NNC(=O)[C@H](C)Oc2ccccc2[N+](=O)[O-])cc1. The Balaban J connectivity index is 1.89. The molecule has 0 heterocycles. The van der Waals surface area contributed by atoms with Gasteiger partial charge in [-0.25, -0.2) is 0 Å². The zero-order chi connectivity index (χ0) is 20.5. The molecular formula is C19H19N3O6. The van der Waals surface area contributed by atoms with Crippen molar-refractivity contribution >= 4 is 17.5 Å². The van der Waals surface area contributed by atoms with Crippen molar-refractivity contribution in [2.75, 3.05) is 6.61 Å². The first kappa shape index (κ1) is 20.4. The number of hydrogen-bond acceptors (Lipinski definition) is 6. The van der Waals surface area contributed by atoms with Gasteiger partial charge in [0.05, 0.1) is 4.92 Å². The highest BCUT2D eigenvalue weighted by Crippen LogP contribution is 2.26. The highest BCUT2D eigenvalue weighted by molar-refractivity contribution is 5.95. The van der Waals surface area contributed by atoms with Gasteiger partial charge in [-0.15, -0.1) is 0 Å². The summed E-state index contributed by atoms with van der Waals surface area (Å²) in [7, 11) is 0. The number of carbonyl (C=O) groups is 2. The molecule has 0 aliphatic carbocycles. The molecule has 2 aromatic carbocycles. The van der Waals surface area contributed by atoms with Crippen molar-refractivity contribution in [1.82, 2.24) is 10.9 Å². The van der Waals surface area contributed by atoms with Crippen LogP contribution >= 0.6 is 0 Å². The van der Waals surface area contributed by atoms with E-state index in [0.29, 0.717) is 17.9 Å². The van der Waals surface area contributed by atoms with Crippen LogP contribution in [-0.2, 0) is 4.79 Å². The lowest BCUT2D eigenvalue weighted by Crippen LogP contribution is -2.47. The molecule has 9 nitrogen and oxygen atoms in total. The second kappa shape index (κ2) is 9.72. The molecule has 0 radical (unpaired) electrons. The highest BCUT2D eigenvalue weighted by Gasteiger charge is 2.21. The van der Waals surface area contributed by atoms with Crippen molar-refractivity contribution in [3.8, 4) is 11.5 Å². The van der Waals surface area contributed by atoms with E-state index in [1.54, 1.807) is 24.3 Å². The molecule has 0 aromatic heterocycles. The lowest BCUT2D eigenvalue weighted by Gasteiger charge is -2.15. The van der Waals surface area contributed by atoms with E-state index in [1.165, 1.54) is 37.3 Å². The Hall–Kier alpha value is -3.88. The van der Waals surface area contributed by atoms with Crippen LogP contribution in [-0.4, -0.2) is 29.4 Å². The van der Waals surface area contributed by atoms with Gasteiger partial charge in [0, 0.05) is 11.6 Å². The summed E-state index contributed by atoms with van der Waals surface area (Å²) in [5, 5.41) is 11.0. The number of hydrogen-bond donors (Lipinski definition) is 2. The van der Waals surface area contributed by atoms with Gasteiger partial charge in [-0.05, 0) is 37.3 Å². The third kappa shape index (κ3) is 5.56. The number of nitro groups is 1. The van der Waals surface area contributed by atoms with Crippen LogP contribution in [0.5, 0.6) is 11.5 Å². The van der Waals surface area contributed by atoms with Crippen LogP contribution in [0.25, 0.3) is 0 Å². The highest BCUT2D eigenvalue weighted by atomic mass is 16.6. The van der Waals surface area contributed by atoms with E-state index >= 15 is 0 Å². The Kier molecular flexibility index (Phi) is 7.09. The number of amides is 2. The number of carbonyl (C=O) groups excluding carboxylic acids is 2. The van der Waals surface area contributed by atoms with E-state index in [4.69, 9.17) is 9.47 Å². The Bertz CT molecular complexity index is 866. The number of hydrazine groups is 1. The van der Waals surface area contributed by atoms with Gasteiger partial charge in [-0.2, -0.15) is 0 Å². The van der Waals surface area contributed by atoms with Crippen molar-refractivity contribution in [3.63, 3.8) is 0 Å². The zero-order valence-electron chi connectivity index (χ0n) is 15.1. The maximum atomic E-state index is 12.1. The summed E-state index contributed by atoms with van der Waals surface area (Å²) in [6.07, 6.45) is 0.528. The molecular weight excluding hydrogens is 366 g/mol. The van der Waals surface area contributed by atoms with Crippen molar-refractivity contribution in [2.45, 2.75) is 13.0 Å². The topological polar surface area (TPSA) is 120 Å². The van der Waals surface area contributed by atoms with Crippen LogP contribution in [0.3, 0.4) is 0 Å². The van der Waals surface area contributed by atoms with Crippen LogP contribution in [0.4, 0.5) is 5.69 Å². The van der Waals surface area contributed by atoms with Crippen LogP contribution in [0.15, 0.2) is 61.2 Å². The lowest BCUT2D eigenvalue weighted by molar-refractivity contribution is -0.386. The third-order valence-corrected chi connectivity index (χ3v) is 3.52. The molecule has 0 fully saturated rings. The van der Waals surface area contributed by atoms with Gasteiger partial charge in [0.25, 0.3) is 11.8 Å². The third-order valence-electron chi connectivity index (χ3n) is 3.52. The minimum Gasteiger partial charge on any atom is -0.490 e. The first-order chi connectivity index (χ1) is 13.4. The summed E-state index contributed by atoms with van der Waals surface area (Å²) >= 11 is 0. The fraction of sp³-hybridized carbons (Fsp3) is 0.158. The van der Waals surface area contributed by atoms with E-state index in [1.807, 2.05) is 0 Å². The van der Waals surface area contributed by atoms with Crippen LogP contribution in [0.2, 0.25) is 0 Å². The van der Waals surface area contributed by atoms with Crippen molar-refractivity contribution in [3.05, 3.63) is 76.9 Å². The van der Waals surface area contributed by atoms with Crippen LogP contribution in [0.1, 0.15) is 17.3 Å². The quantitative estimate of drug-likeness (QED) is 0.409. The van der Waals surface area contributed by atoms with E-state index < -0.39 is 22.8 Å². The zero-order valence-corrected chi connectivity index (χ0v) is 15.1. The summed E-state index contributed by atoms with van der Waals surface area (Å²) in [6.45, 7) is 5.30. The molecule has 2 aromatic rings. The molecule has 0 saturated heterocycles. The maximum Gasteiger partial charge on any atom is 0.310 e. The van der Waals surface area contributed by atoms with Gasteiger partial charge in [-0.1, -0.05) is 24.8 Å². The van der Waals surface area contributed by atoms with Gasteiger partial charge in [0.1, 0.15) is 12.4 Å². The average Bonchev–Trinajstić information content (AvgIpc) is 2.70. The molecule has 0 saturated carbocycles. The monoisotopic (exact) mass is 385 g/mol. The second-order valence-electron chi connectivity index (χ2n) is 5.55. The summed E-state index contributed by atoms with van der Waals surface area (Å²) in [5.74, 6) is -0.678. The number of benzene rings is 2. The largest absolute Gasteiger partial charge is 0.490 e. The standard InChI is InChI=1S/C19H19N3O6/c1-3-12-27-15-10-8-14(9-11-15)19(24)21-20-18(23)13(2)28-17-7-5-4-6-16(17)22(25)26/h3-11,13H,1,12H2,2H3,(H,20,23)(H,21,24)/t13-/m0/s1. The Morgan fingerprint density at radius 2 is 1.86 bits per heavy atom. The Morgan fingerprint density at radius 1 is 1.18 bits per heavy atom. The molecule has 0 aliphatic rings. The summed E-state index contributed by atoms with van der Waals surface area (Å²) in [5.41, 5.74) is 4.52. The molecule has 2 rings (SSSR count). The van der Waals surface area contributed by atoms with Gasteiger partial charge in [-0.3, -0.25) is 30.6 Å². The fourth-order valence-corrected chi connectivity index (χ4v) is 2.10. The Labute approximate surface area is 161 Å². The molecule has 28 heavy (non-hydrogen) atoms. The van der Waals surface area contributed by atoms with Crippen LogP contribution in [0, 0.1) is 10.1 Å². The molecule has 0 bridgehead atoms. The molecule has 2 N–H and O–H groups in total. The number of nitrogens with zero attached hydrogens (tertiary/aromatic N) is 1. The second-order valence-corrected chi connectivity index (χ2v) is 5.55. The maximum absolute atomic E-state index is 12.1. The summed E-state index contributed by atoms with van der Waals surface area (Å²) < 4.78 is 10.6. The molecule has 9 heteroatoms. The fourth-order valence-electron chi connectivity index (χ4n) is 2.10. The van der Waals surface area contributed by atoms with Gasteiger partial charge in [0.15, 0.2) is 11.9 Å². The van der Waals surface area contributed by atoms with Crippen molar-refractivity contribution in [2.24, 2.45) is 0 Å². The number of nitro benzene ring substituents is 1. The van der Waals surface area contributed by atoms with Gasteiger partial charge in [0.2, 0.25) is 0 Å². The van der Waals surface area contributed by atoms with E-state index in [2.05, 4.69) is 17.4 Å². The Morgan fingerprint density at radius 3 is 2.50 bits per heavy atom. The normalized spacial score (nSPS) is 11.0. The van der Waals surface area contributed by atoms with Crippen molar-refractivity contribution in [1.29, 1.82) is 0 Å². The van der Waals surface area contributed by atoms with E-state index in [0.717, 1.165) is 0 Å². The van der Waals surface area contributed by atoms with Crippen molar-refractivity contribution < 1.29 is 24.0 Å². The number of ether oxygens (including phenoxy) is 2. The minimum absolute atomic E-state index is 0.0448. The van der Waals surface area contributed by atoms with E-state index in [-0.39, 0.29) is 11.4 Å². The first-order valence-electron chi connectivity index (χ1n) is 8.26. The number of rotatable bonds is 8. The number of para-hydroxylation sites is 2. The minimum atomic E-state index is -1.07. The summed E-state index contributed by atoms with van der Waals surface area (Å²) in [6, 6.07) is 12.0. The smallest absolute Gasteiger partial charge is 0.310 e. The average molecular weight is 385 g/mol. The predicted octanol–water partition coefficient (Wildman–Crippen LogP) is 2.39. The molecule has 0 aliphatic heterocycles. The first-order valence-corrected chi connectivity index (χ1v) is 8.26. The molecule has 1 atom stereocenters. The molecule has 0 unspecified atom stereocenters. The van der Waals surface area contributed by atoms with Gasteiger partial charge < -0.3 is 9.47 Å². The van der Waals surface area contributed by atoms with Gasteiger partial charge >= 0.3 is 5.69 Å². The summed E-state index contributed by atoms with van der Waals surface area (Å²) in [4.78, 5) is 34.5. The number of nitrogens with one attached hydrogen (secondary N) is 2. The molecule has 2 amide bonds.